The summed E-state index contributed by atoms with van der Waals surface area (Å²) in [7, 11) is 0. The van der Waals surface area contributed by atoms with Crippen LogP contribution in [0.25, 0.3) is 0 Å². The Hall–Kier alpha value is -4.08. The molecular formula is C22H17F3N2O5. The number of carbonyl (C=O) groups excluding carboxylic acids is 3. The van der Waals surface area contributed by atoms with Crippen LogP contribution < -0.4 is 15.4 Å². The van der Waals surface area contributed by atoms with Crippen molar-refractivity contribution in [3.63, 3.8) is 0 Å². The number of nitrogens with one attached hydrogen (secondary N) is 2. The minimum Gasteiger partial charge on any atom is -0.484 e. The number of alkyl halides is 3. The monoisotopic (exact) mass is 446 g/mol. The summed E-state index contributed by atoms with van der Waals surface area (Å²) in [6.45, 7) is 0.853. The lowest BCUT2D eigenvalue weighted by atomic mass is 10.1. The van der Waals surface area contributed by atoms with E-state index in [4.69, 9.17) is 9.15 Å². The second-order valence-electron chi connectivity index (χ2n) is 6.64. The normalized spacial score (nSPS) is 11.0. The van der Waals surface area contributed by atoms with Gasteiger partial charge in [0.05, 0.1) is 23.1 Å². The molecule has 0 spiro atoms. The number of halogens is 3. The molecule has 3 aromatic rings. The van der Waals surface area contributed by atoms with Gasteiger partial charge in [-0.15, -0.1) is 0 Å². The average molecular weight is 446 g/mol. The molecule has 0 unspecified atom stereocenters. The molecule has 32 heavy (non-hydrogen) atoms. The summed E-state index contributed by atoms with van der Waals surface area (Å²) in [6, 6.07) is 10.3. The molecule has 7 nitrogen and oxygen atoms in total. The van der Waals surface area contributed by atoms with Gasteiger partial charge in [-0.2, -0.15) is 13.2 Å². The molecule has 0 aliphatic carbocycles. The second kappa shape index (κ2) is 9.38. The third-order valence-corrected chi connectivity index (χ3v) is 4.27. The summed E-state index contributed by atoms with van der Waals surface area (Å²) in [5.41, 5.74) is -1.13. The van der Waals surface area contributed by atoms with Crippen LogP contribution in [0.3, 0.4) is 0 Å². The van der Waals surface area contributed by atoms with E-state index in [1.54, 1.807) is 0 Å². The molecule has 2 amide bonds. The number of hydrogen-bond acceptors (Lipinski definition) is 5. The van der Waals surface area contributed by atoms with Gasteiger partial charge in [0, 0.05) is 11.3 Å². The lowest BCUT2D eigenvalue weighted by Gasteiger charge is -2.16. The van der Waals surface area contributed by atoms with Crippen LogP contribution in [0.4, 0.5) is 24.5 Å². The molecule has 2 N–H and O–H groups in total. The zero-order valence-corrected chi connectivity index (χ0v) is 16.7. The molecule has 0 aliphatic heterocycles. The Labute approximate surface area is 180 Å². The lowest BCUT2D eigenvalue weighted by Crippen LogP contribution is -2.22. The summed E-state index contributed by atoms with van der Waals surface area (Å²) in [5.74, 6) is -1.33. The maximum Gasteiger partial charge on any atom is 0.418 e. The van der Waals surface area contributed by atoms with Gasteiger partial charge in [0.1, 0.15) is 12.0 Å². The van der Waals surface area contributed by atoms with Crippen LogP contribution in [0.2, 0.25) is 0 Å². The first kappa shape index (κ1) is 22.6. The Balaban J connectivity index is 1.68. The SMILES string of the molecule is CC(=O)c1ccc(OCC(=O)Nc2ccc(NC(=O)c3ccoc3)cc2C(F)(F)F)cc1. The first-order chi connectivity index (χ1) is 15.1. The molecule has 10 heteroatoms. The van der Waals surface area contributed by atoms with Crippen LogP contribution in [-0.4, -0.2) is 24.2 Å². The molecule has 3 rings (SSSR count). The molecule has 0 radical (unpaired) electrons. The van der Waals surface area contributed by atoms with E-state index in [2.05, 4.69) is 10.6 Å². The van der Waals surface area contributed by atoms with Gasteiger partial charge >= 0.3 is 6.18 Å². The van der Waals surface area contributed by atoms with Gasteiger partial charge in [0.2, 0.25) is 0 Å². The topological polar surface area (TPSA) is 97.6 Å². The molecule has 1 aromatic heterocycles. The number of rotatable bonds is 7. The van der Waals surface area contributed by atoms with E-state index in [0.29, 0.717) is 5.56 Å². The quantitative estimate of drug-likeness (QED) is 0.510. The maximum absolute atomic E-state index is 13.5. The number of amides is 2. The molecule has 0 aliphatic rings. The predicted octanol–water partition coefficient (Wildman–Crippen LogP) is 4.77. The standard InChI is InChI=1S/C22H17F3N2O5/c1-13(28)14-2-5-17(6-3-14)32-12-20(29)27-19-7-4-16(10-18(19)22(23,24)25)26-21(30)15-8-9-31-11-15/h2-11H,12H2,1H3,(H,26,30)(H,27,29). The fourth-order valence-corrected chi connectivity index (χ4v) is 2.68. The number of hydrogen-bond donors (Lipinski definition) is 2. The molecule has 166 valence electrons. The van der Waals surface area contributed by atoms with Crippen molar-refractivity contribution in [2.45, 2.75) is 13.1 Å². The minimum atomic E-state index is -4.79. The van der Waals surface area contributed by atoms with E-state index in [1.807, 2.05) is 0 Å². The summed E-state index contributed by atoms with van der Waals surface area (Å²) in [4.78, 5) is 35.4. The van der Waals surface area contributed by atoms with Crippen molar-refractivity contribution < 1.29 is 36.7 Å². The van der Waals surface area contributed by atoms with Crippen molar-refractivity contribution in [1.29, 1.82) is 0 Å². The number of ether oxygens (including phenoxy) is 1. The lowest BCUT2D eigenvalue weighted by molar-refractivity contribution is -0.137. The minimum absolute atomic E-state index is 0.108. The predicted molar refractivity (Wildman–Crippen MR) is 109 cm³/mol. The number of Topliss-reactive ketones (excluding diaryl/α,β-unsaturated/α-hetero) is 1. The molecule has 0 atom stereocenters. The van der Waals surface area contributed by atoms with Crippen molar-refractivity contribution >= 4 is 29.0 Å². The van der Waals surface area contributed by atoms with Crippen molar-refractivity contribution in [3.05, 3.63) is 77.7 Å². The third-order valence-electron chi connectivity index (χ3n) is 4.27. The second-order valence-corrected chi connectivity index (χ2v) is 6.64. The van der Waals surface area contributed by atoms with Crippen LogP contribution >= 0.6 is 0 Å². The number of furan rings is 1. The summed E-state index contributed by atoms with van der Waals surface area (Å²) in [6.07, 6.45) is -2.38. The van der Waals surface area contributed by atoms with Crippen LogP contribution in [0.15, 0.2) is 65.5 Å². The maximum atomic E-state index is 13.5. The highest BCUT2D eigenvalue weighted by Crippen LogP contribution is 2.36. The van der Waals surface area contributed by atoms with Crippen LogP contribution in [0.5, 0.6) is 5.75 Å². The Bertz CT molecular complexity index is 1120. The van der Waals surface area contributed by atoms with Crippen LogP contribution in [0, 0.1) is 0 Å². The molecule has 0 fully saturated rings. The number of anilines is 2. The van der Waals surface area contributed by atoms with Crippen molar-refractivity contribution in [2.75, 3.05) is 17.2 Å². The summed E-state index contributed by atoms with van der Waals surface area (Å²) in [5, 5.41) is 4.50. The third kappa shape index (κ3) is 5.75. The van der Waals surface area contributed by atoms with Crippen molar-refractivity contribution in [2.24, 2.45) is 0 Å². The highest BCUT2D eigenvalue weighted by atomic mass is 19.4. The van der Waals surface area contributed by atoms with E-state index in [9.17, 15) is 27.6 Å². The summed E-state index contributed by atoms with van der Waals surface area (Å²) < 4.78 is 50.5. The van der Waals surface area contributed by atoms with Gasteiger partial charge in [-0.25, -0.2) is 0 Å². The Kier molecular flexibility index (Phi) is 6.62. The average Bonchev–Trinajstić information content (AvgIpc) is 3.28. The van der Waals surface area contributed by atoms with Gasteiger partial charge in [0.15, 0.2) is 12.4 Å². The Morgan fingerprint density at radius 2 is 1.69 bits per heavy atom. The van der Waals surface area contributed by atoms with E-state index in [0.717, 1.165) is 18.4 Å². The largest absolute Gasteiger partial charge is 0.484 e. The molecular weight excluding hydrogens is 429 g/mol. The molecule has 1 heterocycles. The fourth-order valence-electron chi connectivity index (χ4n) is 2.68. The smallest absolute Gasteiger partial charge is 0.418 e. The number of carbonyl (C=O) groups is 3. The van der Waals surface area contributed by atoms with Gasteiger partial charge in [-0.05, 0) is 55.5 Å². The van der Waals surface area contributed by atoms with E-state index in [-0.39, 0.29) is 22.8 Å². The van der Waals surface area contributed by atoms with E-state index < -0.39 is 35.8 Å². The van der Waals surface area contributed by atoms with Crippen LogP contribution in [0.1, 0.15) is 33.2 Å². The van der Waals surface area contributed by atoms with E-state index >= 15 is 0 Å². The first-order valence-corrected chi connectivity index (χ1v) is 9.22. The molecule has 0 bridgehead atoms. The Morgan fingerprint density at radius 3 is 2.28 bits per heavy atom. The van der Waals surface area contributed by atoms with Gasteiger partial charge < -0.3 is 19.8 Å². The first-order valence-electron chi connectivity index (χ1n) is 9.22. The van der Waals surface area contributed by atoms with Gasteiger partial charge in [-0.1, -0.05) is 0 Å². The van der Waals surface area contributed by atoms with Crippen molar-refractivity contribution in [3.8, 4) is 5.75 Å². The number of benzene rings is 2. The molecule has 2 aromatic carbocycles. The summed E-state index contributed by atoms with van der Waals surface area (Å²) >= 11 is 0. The molecule has 0 saturated heterocycles. The zero-order chi connectivity index (χ0) is 23.3. The van der Waals surface area contributed by atoms with Crippen molar-refractivity contribution in [1.82, 2.24) is 0 Å². The highest BCUT2D eigenvalue weighted by molar-refractivity contribution is 6.04. The van der Waals surface area contributed by atoms with E-state index in [1.165, 1.54) is 49.6 Å². The zero-order valence-electron chi connectivity index (χ0n) is 16.7. The van der Waals surface area contributed by atoms with Gasteiger partial charge in [-0.3, -0.25) is 14.4 Å². The fraction of sp³-hybridized carbons (Fsp3) is 0.136. The Morgan fingerprint density at radius 1 is 0.969 bits per heavy atom. The van der Waals surface area contributed by atoms with Gasteiger partial charge in [0.25, 0.3) is 11.8 Å². The highest BCUT2D eigenvalue weighted by Gasteiger charge is 2.34. The number of ketones is 1. The molecule has 0 saturated carbocycles. The van der Waals surface area contributed by atoms with Crippen LogP contribution in [-0.2, 0) is 11.0 Å².